The smallest absolute Gasteiger partial charge is 0.125 e. The molecule has 0 unspecified atom stereocenters. The molecule has 0 amide bonds. The molecule has 0 spiro atoms. The van der Waals surface area contributed by atoms with Gasteiger partial charge in [0.25, 0.3) is 0 Å². The summed E-state index contributed by atoms with van der Waals surface area (Å²) in [7, 11) is 0. The molecule has 14 heavy (non-hydrogen) atoms. The summed E-state index contributed by atoms with van der Waals surface area (Å²) in [6.07, 6.45) is 2.33. The monoisotopic (exact) mass is 192 g/mol. The number of rotatable bonds is 2. The van der Waals surface area contributed by atoms with Gasteiger partial charge in [0.15, 0.2) is 0 Å². The van der Waals surface area contributed by atoms with E-state index < -0.39 is 0 Å². The molecule has 0 saturated carbocycles. The Hall–Kier alpha value is -1.02. The summed E-state index contributed by atoms with van der Waals surface area (Å²) in [6, 6.07) is 7.94. The van der Waals surface area contributed by atoms with Crippen molar-refractivity contribution in [2.24, 2.45) is 0 Å². The molecule has 0 aromatic heterocycles. The minimum absolute atomic E-state index is 0.0186. The van der Waals surface area contributed by atoms with Crippen LogP contribution in [0.15, 0.2) is 24.3 Å². The van der Waals surface area contributed by atoms with Gasteiger partial charge in [0.05, 0.1) is 6.10 Å². The summed E-state index contributed by atoms with van der Waals surface area (Å²) in [5.41, 5.74) is 1.12. The molecule has 2 atom stereocenters. The molecule has 2 heteroatoms. The summed E-state index contributed by atoms with van der Waals surface area (Å²) in [4.78, 5) is 0. The fourth-order valence-corrected chi connectivity index (χ4v) is 1.92. The van der Waals surface area contributed by atoms with E-state index in [-0.39, 0.29) is 12.2 Å². The van der Waals surface area contributed by atoms with Gasteiger partial charge >= 0.3 is 0 Å². The Balaban J connectivity index is 2.18. The summed E-state index contributed by atoms with van der Waals surface area (Å²) in [5, 5.41) is 9.82. The van der Waals surface area contributed by atoms with Crippen molar-refractivity contribution in [2.75, 3.05) is 0 Å². The lowest BCUT2D eigenvalue weighted by Gasteiger charge is -2.30. The first-order chi connectivity index (χ1) is 6.81. The zero-order chi connectivity index (χ0) is 9.97. The summed E-state index contributed by atoms with van der Waals surface area (Å²) in [6.45, 7) is 2.11. The van der Waals surface area contributed by atoms with Crippen molar-refractivity contribution in [3.8, 4) is 5.75 Å². The molecule has 2 nitrogen and oxygen atoms in total. The quantitative estimate of drug-likeness (QED) is 0.778. The standard InChI is InChI=1S/C12H16O2/c1-2-5-12-10(13)8-9-6-3-4-7-11(9)14-12/h3-4,6-7,10,12-13H,2,5,8H2,1H3/t10-,12+/m1/s1. The van der Waals surface area contributed by atoms with E-state index in [1.165, 1.54) is 0 Å². The summed E-state index contributed by atoms with van der Waals surface area (Å²) >= 11 is 0. The molecule has 1 aliphatic rings. The maximum absolute atomic E-state index is 9.82. The lowest BCUT2D eigenvalue weighted by Crippen LogP contribution is -2.37. The van der Waals surface area contributed by atoms with Crippen molar-refractivity contribution in [1.29, 1.82) is 0 Å². The van der Waals surface area contributed by atoms with Gasteiger partial charge in [-0.3, -0.25) is 0 Å². The van der Waals surface area contributed by atoms with E-state index in [1.54, 1.807) is 0 Å². The molecule has 0 radical (unpaired) electrons. The van der Waals surface area contributed by atoms with E-state index in [9.17, 15) is 5.11 Å². The fourth-order valence-electron chi connectivity index (χ4n) is 1.92. The highest BCUT2D eigenvalue weighted by atomic mass is 16.5. The van der Waals surface area contributed by atoms with E-state index in [2.05, 4.69) is 6.92 Å². The second kappa shape index (κ2) is 4.01. The third kappa shape index (κ3) is 1.75. The molecule has 2 rings (SSSR count). The van der Waals surface area contributed by atoms with Crippen LogP contribution in [0, 0.1) is 0 Å². The van der Waals surface area contributed by atoms with E-state index in [0.717, 1.165) is 30.6 Å². The van der Waals surface area contributed by atoms with Crippen molar-refractivity contribution >= 4 is 0 Å². The number of benzene rings is 1. The molecule has 76 valence electrons. The molecule has 0 fully saturated rings. The van der Waals surface area contributed by atoms with Gasteiger partial charge in [-0.1, -0.05) is 31.5 Å². The Morgan fingerprint density at radius 2 is 2.21 bits per heavy atom. The average molecular weight is 192 g/mol. The molecular formula is C12H16O2. The minimum Gasteiger partial charge on any atom is -0.487 e. The van der Waals surface area contributed by atoms with Crippen molar-refractivity contribution in [3.05, 3.63) is 29.8 Å². The second-order valence-corrected chi connectivity index (χ2v) is 3.82. The van der Waals surface area contributed by atoms with Gasteiger partial charge in [0.2, 0.25) is 0 Å². The van der Waals surface area contributed by atoms with Crippen molar-refractivity contribution in [2.45, 2.75) is 38.4 Å². The van der Waals surface area contributed by atoms with Gasteiger partial charge in [-0.2, -0.15) is 0 Å². The maximum Gasteiger partial charge on any atom is 0.125 e. The number of fused-ring (bicyclic) bond motifs is 1. The van der Waals surface area contributed by atoms with Crippen LogP contribution in [0.1, 0.15) is 25.3 Å². The molecule has 1 aliphatic heterocycles. The summed E-state index contributed by atoms with van der Waals surface area (Å²) < 4.78 is 5.73. The molecule has 0 aliphatic carbocycles. The first-order valence-electron chi connectivity index (χ1n) is 5.24. The predicted molar refractivity (Wildman–Crippen MR) is 55.5 cm³/mol. The predicted octanol–water partition coefficient (Wildman–Crippen LogP) is 2.15. The van der Waals surface area contributed by atoms with Gasteiger partial charge in [0.1, 0.15) is 11.9 Å². The maximum atomic E-state index is 9.82. The zero-order valence-electron chi connectivity index (χ0n) is 8.44. The minimum atomic E-state index is -0.343. The normalized spacial score (nSPS) is 25.3. The number of aliphatic hydroxyl groups excluding tert-OH is 1. The van der Waals surface area contributed by atoms with Crippen LogP contribution in [0.4, 0.5) is 0 Å². The van der Waals surface area contributed by atoms with E-state index >= 15 is 0 Å². The van der Waals surface area contributed by atoms with E-state index in [0.29, 0.717) is 0 Å². The van der Waals surface area contributed by atoms with Gasteiger partial charge in [-0.25, -0.2) is 0 Å². The molecule has 0 bridgehead atoms. The number of hydrogen-bond donors (Lipinski definition) is 1. The highest BCUT2D eigenvalue weighted by molar-refractivity contribution is 5.35. The Morgan fingerprint density at radius 3 is 3.00 bits per heavy atom. The SMILES string of the molecule is CCC[C@@H]1Oc2ccccc2C[C@H]1O. The highest BCUT2D eigenvalue weighted by Gasteiger charge is 2.26. The Labute approximate surface area is 84.5 Å². The lowest BCUT2D eigenvalue weighted by molar-refractivity contribution is 0.0169. The number of aliphatic hydroxyl groups is 1. The van der Waals surface area contributed by atoms with Crippen LogP contribution >= 0.6 is 0 Å². The van der Waals surface area contributed by atoms with Gasteiger partial charge in [-0.15, -0.1) is 0 Å². The number of ether oxygens (including phenoxy) is 1. The fraction of sp³-hybridized carbons (Fsp3) is 0.500. The largest absolute Gasteiger partial charge is 0.487 e. The Kier molecular flexibility index (Phi) is 2.73. The molecule has 1 N–H and O–H groups in total. The summed E-state index contributed by atoms with van der Waals surface area (Å²) in [5.74, 6) is 0.941. The van der Waals surface area contributed by atoms with Crippen LogP contribution in [0.5, 0.6) is 5.75 Å². The third-order valence-corrected chi connectivity index (χ3v) is 2.68. The van der Waals surface area contributed by atoms with Gasteiger partial charge in [-0.05, 0) is 18.1 Å². The van der Waals surface area contributed by atoms with Crippen molar-refractivity contribution in [1.82, 2.24) is 0 Å². The van der Waals surface area contributed by atoms with Crippen LogP contribution in [-0.2, 0) is 6.42 Å². The van der Waals surface area contributed by atoms with Crippen molar-refractivity contribution < 1.29 is 9.84 Å². The van der Waals surface area contributed by atoms with Crippen molar-refractivity contribution in [3.63, 3.8) is 0 Å². The lowest BCUT2D eigenvalue weighted by atomic mass is 9.97. The average Bonchev–Trinajstić information content (AvgIpc) is 2.19. The second-order valence-electron chi connectivity index (χ2n) is 3.82. The Bertz CT molecular complexity index is 309. The molecule has 1 aromatic rings. The van der Waals surface area contributed by atoms with Gasteiger partial charge < -0.3 is 9.84 Å². The van der Waals surface area contributed by atoms with Crippen LogP contribution in [0.3, 0.4) is 0 Å². The van der Waals surface area contributed by atoms with Crippen LogP contribution in [-0.4, -0.2) is 17.3 Å². The number of para-hydroxylation sites is 1. The van der Waals surface area contributed by atoms with Crippen LogP contribution < -0.4 is 4.74 Å². The molecule has 1 aromatic carbocycles. The number of hydrogen-bond acceptors (Lipinski definition) is 2. The molecule has 0 saturated heterocycles. The third-order valence-electron chi connectivity index (χ3n) is 2.68. The Morgan fingerprint density at radius 1 is 1.43 bits per heavy atom. The van der Waals surface area contributed by atoms with Gasteiger partial charge in [0, 0.05) is 6.42 Å². The van der Waals surface area contributed by atoms with Crippen LogP contribution in [0.2, 0.25) is 0 Å². The van der Waals surface area contributed by atoms with Crippen LogP contribution in [0.25, 0.3) is 0 Å². The highest BCUT2D eigenvalue weighted by Crippen LogP contribution is 2.28. The molecular weight excluding hydrogens is 176 g/mol. The topological polar surface area (TPSA) is 29.5 Å². The van der Waals surface area contributed by atoms with E-state index in [4.69, 9.17) is 4.74 Å². The molecule has 1 heterocycles. The first-order valence-corrected chi connectivity index (χ1v) is 5.24. The first kappa shape index (κ1) is 9.53. The zero-order valence-corrected chi connectivity index (χ0v) is 8.44. The van der Waals surface area contributed by atoms with E-state index in [1.807, 2.05) is 24.3 Å².